The van der Waals surface area contributed by atoms with Gasteiger partial charge in [0.1, 0.15) is 5.82 Å². The highest BCUT2D eigenvalue weighted by molar-refractivity contribution is 6.09. The lowest BCUT2D eigenvalue weighted by molar-refractivity contribution is 0.103. The molecule has 0 aliphatic carbocycles. The van der Waals surface area contributed by atoms with Crippen LogP contribution in [-0.2, 0) is 0 Å². The molecule has 0 aliphatic rings. The van der Waals surface area contributed by atoms with E-state index in [2.05, 4.69) is 5.32 Å². The maximum absolute atomic E-state index is 13.1. The molecule has 2 aromatic carbocycles. The summed E-state index contributed by atoms with van der Waals surface area (Å²) in [5, 5.41) is 2.99. The zero-order chi connectivity index (χ0) is 13.1. The fourth-order valence-electron chi connectivity index (χ4n) is 1.74. The van der Waals surface area contributed by atoms with Gasteiger partial charge >= 0.3 is 0 Å². The molecular weight excluding hydrogens is 229 g/mol. The van der Waals surface area contributed by atoms with Crippen LogP contribution in [0.2, 0.25) is 0 Å². The summed E-state index contributed by atoms with van der Waals surface area (Å²) >= 11 is 0. The fraction of sp³-hybridized carbons (Fsp3) is 0.133. The van der Waals surface area contributed by atoms with Gasteiger partial charge in [-0.05, 0) is 55.0 Å². The predicted octanol–water partition coefficient (Wildman–Crippen LogP) is 3.41. The standard InChI is InChI=1S/C15H14FNO/c1-10-9-12(5-8-14(10)16)15(18)11-3-6-13(17-2)7-4-11/h3-9,17H,1-2H3. The van der Waals surface area contributed by atoms with E-state index in [4.69, 9.17) is 0 Å². The molecule has 0 unspecified atom stereocenters. The van der Waals surface area contributed by atoms with Crippen molar-refractivity contribution in [3.05, 3.63) is 65.0 Å². The van der Waals surface area contributed by atoms with Gasteiger partial charge in [0.15, 0.2) is 5.78 Å². The maximum atomic E-state index is 13.1. The minimum Gasteiger partial charge on any atom is -0.388 e. The van der Waals surface area contributed by atoms with Gasteiger partial charge in [0.2, 0.25) is 0 Å². The first-order valence-corrected chi connectivity index (χ1v) is 5.70. The molecule has 0 radical (unpaired) electrons. The van der Waals surface area contributed by atoms with Crippen LogP contribution in [0, 0.1) is 12.7 Å². The monoisotopic (exact) mass is 243 g/mol. The Morgan fingerprint density at radius 3 is 2.22 bits per heavy atom. The average molecular weight is 243 g/mol. The molecule has 0 aliphatic heterocycles. The van der Waals surface area contributed by atoms with Gasteiger partial charge in [-0.2, -0.15) is 0 Å². The Kier molecular flexibility index (Phi) is 3.42. The number of hydrogen-bond donors (Lipinski definition) is 1. The van der Waals surface area contributed by atoms with E-state index in [1.165, 1.54) is 12.1 Å². The maximum Gasteiger partial charge on any atom is 0.193 e. The number of anilines is 1. The molecule has 0 spiro atoms. The number of benzene rings is 2. The number of hydrogen-bond acceptors (Lipinski definition) is 2. The zero-order valence-corrected chi connectivity index (χ0v) is 10.3. The SMILES string of the molecule is CNc1ccc(C(=O)c2ccc(F)c(C)c2)cc1. The lowest BCUT2D eigenvalue weighted by Crippen LogP contribution is -2.02. The Balaban J connectivity index is 2.32. The highest BCUT2D eigenvalue weighted by Gasteiger charge is 2.10. The first-order valence-electron chi connectivity index (χ1n) is 5.70. The normalized spacial score (nSPS) is 10.2. The van der Waals surface area contributed by atoms with Crippen LogP contribution in [0.15, 0.2) is 42.5 Å². The van der Waals surface area contributed by atoms with E-state index in [-0.39, 0.29) is 11.6 Å². The van der Waals surface area contributed by atoms with Gasteiger partial charge in [-0.25, -0.2) is 4.39 Å². The Hall–Kier alpha value is -2.16. The summed E-state index contributed by atoms with van der Waals surface area (Å²) in [6.07, 6.45) is 0. The number of rotatable bonds is 3. The molecule has 0 heterocycles. The number of nitrogens with one attached hydrogen (secondary N) is 1. The third-order valence-corrected chi connectivity index (χ3v) is 2.86. The minimum atomic E-state index is -0.294. The summed E-state index contributed by atoms with van der Waals surface area (Å²) in [5.41, 5.74) is 2.53. The summed E-state index contributed by atoms with van der Waals surface area (Å²) in [6.45, 7) is 1.65. The predicted molar refractivity (Wildman–Crippen MR) is 70.6 cm³/mol. The summed E-state index contributed by atoms with van der Waals surface area (Å²) in [5.74, 6) is -0.391. The van der Waals surface area contributed by atoms with Crippen molar-refractivity contribution < 1.29 is 9.18 Å². The smallest absolute Gasteiger partial charge is 0.193 e. The van der Waals surface area contributed by atoms with Gasteiger partial charge in [-0.1, -0.05) is 0 Å². The second kappa shape index (κ2) is 5.00. The molecule has 0 saturated heterocycles. The van der Waals surface area contributed by atoms with Gasteiger partial charge < -0.3 is 5.32 Å². The molecule has 18 heavy (non-hydrogen) atoms. The van der Waals surface area contributed by atoms with Gasteiger partial charge in [0.05, 0.1) is 0 Å². The average Bonchev–Trinajstić information content (AvgIpc) is 2.41. The van der Waals surface area contributed by atoms with Crippen molar-refractivity contribution in [2.75, 3.05) is 12.4 Å². The van der Waals surface area contributed by atoms with Crippen molar-refractivity contribution in [2.24, 2.45) is 0 Å². The first kappa shape index (κ1) is 12.3. The lowest BCUT2D eigenvalue weighted by atomic mass is 10.0. The van der Waals surface area contributed by atoms with Crippen molar-refractivity contribution in [1.29, 1.82) is 0 Å². The van der Waals surface area contributed by atoms with Crippen molar-refractivity contribution in [2.45, 2.75) is 6.92 Å². The topological polar surface area (TPSA) is 29.1 Å². The van der Waals surface area contributed by atoms with Crippen LogP contribution in [0.1, 0.15) is 21.5 Å². The lowest BCUT2D eigenvalue weighted by Gasteiger charge is -2.05. The summed E-state index contributed by atoms with van der Waals surface area (Å²) in [4.78, 5) is 12.2. The molecule has 0 fully saturated rings. The zero-order valence-electron chi connectivity index (χ0n) is 10.3. The van der Waals surface area contributed by atoms with E-state index in [1.807, 2.05) is 19.2 Å². The Morgan fingerprint density at radius 2 is 1.67 bits per heavy atom. The number of ketones is 1. The first-order chi connectivity index (χ1) is 8.61. The third kappa shape index (κ3) is 2.40. The van der Waals surface area contributed by atoms with Gasteiger partial charge in [-0.3, -0.25) is 4.79 Å². The summed E-state index contributed by atoms with van der Waals surface area (Å²) < 4.78 is 13.1. The van der Waals surface area contributed by atoms with Gasteiger partial charge in [-0.15, -0.1) is 0 Å². The molecule has 3 heteroatoms. The van der Waals surface area contributed by atoms with E-state index in [9.17, 15) is 9.18 Å². The Labute approximate surface area is 105 Å². The van der Waals surface area contributed by atoms with Crippen LogP contribution in [0.3, 0.4) is 0 Å². The molecule has 0 saturated carbocycles. The van der Waals surface area contributed by atoms with E-state index in [1.54, 1.807) is 25.1 Å². The number of carbonyl (C=O) groups excluding carboxylic acids is 1. The third-order valence-electron chi connectivity index (χ3n) is 2.86. The molecule has 0 atom stereocenters. The number of halogens is 1. The Morgan fingerprint density at radius 1 is 1.06 bits per heavy atom. The largest absolute Gasteiger partial charge is 0.388 e. The van der Waals surface area contributed by atoms with Gasteiger partial charge in [0, 0.05) is 23.9 Å². The van der Waals surface area contributed by atoms with Gasteiger partial charge in [0.25, 0.3) is 0 Å². The van der Waals surface area contributed by atoms with Crippen LogP contribution >= 0.6 is 0 Å². The molecule has 2 aromatic rings. The minimum absolute atomic E-state index is 0.0965. The molecule has 0 amide bonds. The van der Waals surface area contributed by atoms with Crippen LogP contribution in [0.4, 0.5) is 10.1 Å². The fourth-order valence-corrected chi connectivity index (χ4v) is 1.74. The van der Waals surface area contributed by atoms with Crippen molar-refractivity contribution >= 4 is 11.5 Å². The van der Waals surface area contributed by atoms with E-state index < -0.39 is 0 Å². The second-order valence-corrected chi connectivity index (χ2v) is 4.12. The van der Waals surface area contributed by atoms with E-state index in [0.29, 0.717) is 16.7 Å². The molecule has 2 rings (SSSR count). The van der Waals surface area contributed by atoms with Crippen molar-refractivity contribution in [3.63, 3.8) is 0 Å². The molecule has 0 aromatic heterocycles. The Bertz CT molecular complexity index is 576. The molecule has 0 bridgehead atoms. The number of carbonyl (C=O) groups is 1. The van der Waals surface area contributed by atoms with Crippen molar-refractivity contribution in [1.82, 2.24) is 0 Å². The molecule has 1 N–H and O–H groups in total. The molecule has 92 valence electrons. The van der Waals surface area contributed by atoms with E-state index in [0.717, 1.165) is 5.69 Å². The van der Waals surface area contributed by atoms with Crippen molar-refractivity contribution in [3.8, 4) is 0 Å². The molecular formula is C15H14FNO. The summed E-state index contributed by atoms with van der Waals surface area (Å²) in [7, 11) is 1.82. The van der Waals surface area contributed by atoms with Crippen LogP contribution in [0.25, 0.3) is 0 Å². The summed E-state index contributed by atoms with van der Waals surface area (Å²) in [6, 6.07) is 11.6. The highest BCUT2D eigenvalue weighted by Crippen LogP contribution is 2.15. The highest BCUT2D eigenvalue weighted by atomic mass is 19.1. The second-order valence-electron chi connectivity index (χ2n) is 4.12. The van der Waals surface area contributed by atoms with Crippen LogP contribution < -0.4 is 5.32 Å². The van der Waals surface area contributed by atoms with Crippen LogP contribution in [0.5, 0.6) is 0 Å². The number of aryl methyl sites for hydroxylation is 1. The quantitative estimate of drug-likeness (QED) is 0.837. The molecule has 2 nitrogen and oxygen atoms in total. The van der Waals surface area contributed by atoms with Crippen LogP contribution in [-0.4, -0.2) is 12.8 Å². The van der Waals surface area contributed by atoms with E-state index >= 15 is 0 Å².